The molecule has 0 amide bonds. The highest BCUT2D eigenvalue weighted by Crippen LogP contribution is 2.41. The first-order valence-electron chi connectivity index (χ1n) is 22.2. The zero-order valence-corrected chi connectivity index (χ0v) is 35.4. The van der Waals surface area contributed by atoms with Crippen LogP contribution >= 0.6 is 0 Å². The number of aromatic nitrogens is 2. The Labute approximate surface area is 376 Å². The average molecular weight is 826 g/mol. The molecule has 0 bridgehead atoms. The number of rotatable bonds is 6. The summed E-state index contributed by atoms with van der Waals surface area (Å²) in [6, 6.07) is 77.4. The molecule has 13 rings (SSSR count). The van der Waals surface area contributed by atoms with Gasteiger partial charge in [-0.3, -0.25) is 9.97 Å². The predicted octanol–water partition coefficient (Wildman–Crippen LogP) is 17.0. The molecule has 0 radical (unpaired) electrons. The van der Waals surface area contributed by atoms with Crippen LogP contribution in [0, 0.1) is 0 Å². The van der Waals surface area contributed by atoms with Gasteiger partial charge in [0.2, 0.25) is 0 Å². The molecule has 0 aliphatic carbocycles. The van der Waals surface area contributed by atoms with Crippen LogP contribution in [0.15, 0.2) is 237 Å². The van der Waals surface area contributed by atoms with Gasteiger partial charge in [0.25, 0.3) is 0 Å². The van der Waals surface area contributed by atoms with Gasteiger partial charge in [0.05, 0.1) is 0 Å². The van der Waals surface area contributed by atoms with E-state index < -0.39 is 0 Å². The van der Waals surface area contributed by atoms with E-state index in [-0.39, 0.29) is 0 Å². The van der Waals surface area contributed by atoms with Crippen LogP contribution in [0.3, 0.4) is 0 Å². The van der Waals surface area contributed by atoms with Crippen molar-refractivity contribution in [2.75, 3.05) is 4.90 Å². The third kappa shape index (κ3) is 6.28. The monoisotopic (exact) mass is 825 g/mol. The molecule has 0 spiro atoms. The van der Waals surface area contributed by atoms with E-state index in [4.69, 9.17) is 9.97 Å². The maximum Gasteiger partial charge on any atom is 0.0468 e. The third-order valence-electron chi connectivity index (χ3n) is 13.4. The van der Waals surface area contributed by atoms with E-state index in [0.29, 0.717) is 0 Å². The minimum Gasteiger partial charge on any atom is -0.310 e. The molecule has 0 aliphatic rings. The smallest absolute Gasteiger partial charge is 0.0468 e. The number of anilines is 3. The van der Waals surface area contributed by atoms with Crippen molar-refractivity contribution in [2.24, 2.45) is 0 Å². The Bertz CT molecular complexity index is 3840. The van der Waals surface area contributed by atoms with Gasteiger partial charge in [-0.25, -0.2) is 0 Å². The average Bonchev–Trinajstić information content (AvgIpc) is 3.38. The van der Waals surface area contributed by atoms with Crippen molar-refractivity contribution in [3.63, 3.8) is 0 Å². The molecule has 302 valence electrons. The molecule has 65 heavy (non-hydrogen) atoms. The summed E-state index contributed by atoms with van der Waals surface area (Å²) < 4.78 is 0. The van der Waals surface area contributed by atoms with Crippen molar-refractivity contribution in [3.8, 4) is 33.4 Å². The van der Waals surface area contributed by atoms with Gasteiger partial charge in [-0.1, -0.05) is 164 Å². The molecule has 2 aromatic heterocycles. The SMILES string of the molecule is c1ccc2cc(-c3ccc4c(ccc5cc(N(c6ccc(-c7cncc8c7ccc7ccccc78)cc6)c6ccc(-c7cncc8c7ccc7ccccc78)cc6)ccc54)c3)ccc2c1. The lowest BCUT2D eigenvalue weighted by Gasteiger charge is -2.26. The van der Waals surface area contributed by atoms with Crippen LogP contribution in [0.1, 0.15) is 0 Å². The zero-order valence-electron chi connectivity index (χ0n) is 35.4. The topological polar surface area (TPSA) is 29.0 Å². The normalized spacial score (nSPS) is 11.7. The van der Waals surface area contributed by atoms with E-state index in [9.17, 15) is 0 Å². The molecule has 0 fully saturated rings. The number of hydrogen-bond acceptors (Lipinski definition) is 3. The summed E-state index contributed by atoms with van der Waals surface area (Å²) in [5.41, 5.74) is 10.2. The second kappa shape index (κ2) is 15.0. The molecule has 0 unspecified atom stereocenters. The number of nitrogens with zero attached hydrogens (tertiary/aromatic N) is 3. The predicted molar refractivity (Wildman–Crippen MR) is 276 cm³/mol. The number of hydrogen-bond donors (Lipinski definition) is 0. The summed E-state index contributed by atoms with van der Waals surface area (Å²) in [4.78, 5) is 11.8. The van der Waals surface area contributed by atoms with E-state index in [1.54, 1.807) is 0 Å². The highest BCUT2D eigenvalue weighted by atomic mass is 15.1. The summed E-state index contributed by atoms with van der Waals surface area (Å²) in [7, 11) is 0. The maximum atomic E-state index is 4.73. The standard InChI is InChI=1S/C62H39N3/c1-2-10-45-33-46(14-13-40(45)7-1)47-23-29-55-48(34-47)15-16-49-35-52(28-32-56(49)55)65(50-24-17-43(18-25-50)59-36-63-38-61-53-11-5-3-8-41(53)21-30-57(59)61)51-26-19-44(20-27-51)60-37-64-39-62-54-12-6-4-9-42(54)22-31-58(60)62/h1-39H. The summed E-state index contributed by atoms with van der Waals surface area (Å²) in [6.45, 7) is 0. The fourth-order valence-corrected chi connectivity index (χ4v) is 10.1. The fourth-order valence-electron chi connectivity index (χ4n) is 10.1. The van der Waals surface area contributed by atoms with Crippen molar-refractivity contribution in [1.29, 1.82) is 0 Å². The van der Waals surface area contributed by atoms with Crippen LogP contribution in [0.4, 0.5) is 17.1 Å². The Morgan fingerprint density at radius 1 is 0.231 bits per heavy atom. The molecule has 0 saturated heterocycles. The first-order chi connectivity index (χ1) is 32.2. The minimum atomic E-state index is 1.07. The van der Waals surface area contributed by atoms with Gasteiger partial charge < -0.3 is 4.90 Å². The van der Waals surface area contributed by atoms with Crippen molar-refractivity contribution in [1.82, 2.24) is 9.97 Å². The van der Waals surface area contributed by atoms with Crippen LogP contribution in [0.2, 0.25) is 0 Å². The molecule has 0 saturated carbocycles. The second-order valence-electron chi connectivity index (χ2n) is 17.0. The van der Waals surface area contributed by atoms with E-state index in [1.165, 1.54) is 75.8 Å². The Morgan fingerprint density at radius 2 is 0.615 bits per heavy atom. The summed E-state index contributed by atoms with van der Waals surface area (Å²) >= 11 is 0. The molecular weight excluding hydrogens is 787 g/mol. The van der Waals surface area contributed by atoms with Gasteiger partial charge in [-0.2, -0.15) is 0 Å². The van der Waals surface area contributed by atoms with Crippen molar-refractivity contribution in [3.05, 3.63) is 237 Å². The van der Waals surface area contributed by atoms with Gasteiger partial charge in [0, 0.05) is 63.7 Å². The lowest BCUT2D eigenvalue weighted by atomic mass is 9.95. The van der Waals surface area contributed by atoms with Crippen molar-refractivity contribution >= 4 is 92.5 Å². The highest BCUT2D eigenvalue weighted by Gasteiger charge is 2.17. The van der Waals surface area contributed by atoms with Crippen LogP contribution in [-0.4, -0.2) is 9.97 Å². The van der Waals surface area contributed by atoms with Crippen LogP contribution in [0.5, 0.6) is 0 Å². The maximum absolute atomic E-state index is 4.73. The molecular formula is C62H39N3. The molecule has 0 N–H and O–H groups in total. The van der Waals surface area contributed by atoms with Crippen molar-refractivity contribution < 1.29 is 0 Å². The summed E-state index contributed by atoms with van der Waals surface area (Å²) in [6.07, 6.45) is 7.96. The van der Waals surface area contributed by atoms with E-state index in [0.717, 1.165) is 50.1 Å². The number of benzene rings is 11. The van der Waals surface area contributed by atoms with Gasteiger partial charge >= 0.3 is 0 Å². The molecule has 11 aromatic carbocycles. The molecule has 3 heteroatoms. The molecule has 13 aromatic rings. The molecule has 0 atom stereocenters. The van der Waals surface area contributed by atoms with E-state index in [1.807, 2.05) is 24.8 Å². The molecule has 0 aliphatic heterocycles. The summed E-state index contributed by atoms with van der Waals surface area (Å²) in [5, 5.41) is 17.0. The Kier molecular flexibility index (Phi) is 8.53. The summed E-state index contributed by atoms with van der Waals surface area (Å²) in [5.74, 6) is 0. The lowest BCUT2D eigenvalue weighted by molar-refractivity contribution is 1.29. The zero-order chi connectivity index (χ0) is 42.8. The van der Waals surface area contributed by atoms with Gasteiger partial charge in [0.1, 0.15) is 0 Å². The second-order valence-corrected chi connectivity index (χ2v) is 17.0. The van der Waals surface area contributed by atoms with Crippen LogP contribution < -0.4 is 4.90 Å². The Morgan fingerprint density at radius 3 is 1.20 bits per heavy atom. The van der Waals surface area contributed by atoms with Gasteiger partial charge in [-0.05, 0) is 135 Å². The van der Waals surface area contributed by atoms with Crippen LogP contribution in [-0.2, 0) is 0 Å². The largest absolute Gasteiger partial charge is 0.310 e. The van der Waals surface area contributed by atoms with E-state index >= 15 is 0 Å². The molecule has 2 heterocycles. The fraction of sp³-hybridized carbons (Fsp3) is 0. The van der Waals surface area contributed by atoms with Crippen LogP contribution in [0.25, 0.3) is 109 Å². The number of fused-ring (bicyclic) bond motifs is 10. The lowest BCUT2D eigenvalue weighted by Crippen LogP contribution is -2.10. The quantitative estimate of drug-likeness (QED) is 0.156. The first kappa shape index (κ1) is 36.9. The van der Waals surface area contributed by atoms with E-state index in [2.05, 4.69) is 217 Å². The third-order valence-corrected chi connectivity index (χ3v) is 13.4. The Hall–Kier alpha value is -8.66. The van der Waals surface area contributed by atoms with Crippen molar-refractivity contribution in [2.45, 2.75) is 0 Å². The highest BCUT2D eigenvalue weighted by molar-refractivity contribution is 6.13. The first-order valence-corrected chi connectivity index (χ1v) is 22.2. The molecule has 3 nitrogen and oxygen atoms in total. The van der Waals surface area contributed by atoms with Gasteiger partial charge in [-0.15, -0.1) is 0 Å². The van der Waals surface area contributed by atoms with Gasteiger partial charge in [0.15, 0.2) is 0 Å². The Balaban J connectivity index is 0.911. The minimum absolute atomic E-state index is 1.07. The number of pyridine rings is 2.